The first-order chi connectivity index (χ1) is 6.68. The molecule has 4 heteroatoms. The Kier molecular flexibility index (Phi) is 3.94. The molecule has 0 aliphatic rings. The molecule has 0 saturated heterocycles. The zero-order valence-corrected chi connectivity index (χ0v) is 7.98. The van der Waals surface area contributed by atoms with E-state index in [0.29, 0.717) is 0 Å². The average Bonchev–Trinajstić information content (AvgIpc) is 2.16. The quantitative estimate of drug-likeness (QED) is 0.705. The molecule has 0 bridgehead atoms. The van der Waals surface area contributed by atoms with E-state index in [2.05, 4.69) is 10.5 Å². The Labute approximate surface area is 82.8 Å². The number of carbonyl (C=O) groups is 1. The van der Waals surface area contributed by atoms with Crippen LogP contribution in [0.25, 0.3) is 0 Å². The normalized spacial score (nSPS) is 12.1. The number of rotatable bonds is 4. The van der Waals surface area contributed by atoms with Crippen molar-refractivity contribution in [3.8, 4) is 0 Å². The number of carbonyl (C=O) groups excluding carboxylic acids is 1. The maximum absolute atomic E-state index is 10.3. The zero-order chi connectivity index (χ0) is 10.4. The van der Waals surface area contributed by atoms with Crippen LogP contribution in [0.3, 0.4) is 0 Å². The molecule has 1 aromatic carbocycles. The van der Waals surface area contributed by atoms with Crippen LogP contribution in [0.1, 0.15) is 5.56 Å². The van der Waals surface area contributed by atoms with Crippen molar-refractivity contribution in [3.05, 3.63) is 35.9 Å². The number of ether oxygens (including phenoxy) is 1. The standard InChI is InChI=1S/C10H14N2O2/c11-9(7-14-10(12)13)6-8-4-2-1-3-5-8/h1-5,9H,6-7,11H2,(H2,12,13)/p+1/t9-/m1/s1. The van der Waals surface area contributed by atoms with Gasteiger partial charge >= 0.3 is 6.09 Å². The summed E-state index contributed by atoms with van der Waals surface area (Å²) in [6, 6.07) is 9.98. The van der Waals surface area contributed by atoms with E-state index >= 15 is 0 Å². The molecular weight excluding hydrogens is 180 g/mol. The van der Waals surface area contributed by atoms with Crippen LogP contribution in [0, 0.1) is 0 Å². The molecule has 0 heterocycles. The second kappa shape index (κ2) is 5.24. The lowest BCUT2D eigenvalue weighted by molar-refractivity contribution is -0.424. The number of benzene rings is 1. The molecule has 0 unspecified atom stereocenters. The van der Waals surface area contributed by atoms with Gasteiger partial charge < -0.3 is 16.2 Å². The molecule has 0 fully saturated rings. The highest BCUT2D eigenvalue weighted by molar-refractivity contribution is 5.64. The largest absolute Gasteiger partial charge is 0.443 e. The number of hydrogen-bond donors (Lipinski definition) is 2. The van der Waals surface area contributed by atoms with Crippen molar-refractivity contribution in [1.29, 1.82) is 0 Å². The molecule has 0 aliphatic carbocycles. The van der Waals surface area contributed by atoms with Crippen molar-refractivity contribution in [2.45, 2.75) is 12.5 Å². The lowest BCUT2D eigenvalue weighted by atomic mass is 10.1. The summed E-state index contributed by atoms with van der Waals surface area (Å²) in [5.41, 5.74) is 9.90. The Morgan fingerprint density at radius 3 is 2.64 bits per heavy atom. The third-order valence-electron chi connectivity index (χ3n) is 1.83. The zero-order valence-electron chi connectivity index (χ0n) is 7.98. The summed E-state index contributed by atoms with van der Waals surface area (Å²) in [5.74, 6) is 0. The Balaban J connectivity index is 2.34. The van der Waals surface area contributed by atoms with Gasteiger partial charge in [0, 0.05) is 6.42 Å². The molecule has 0 aliphatic heterocycles. The lowest BCUT2D eigenvalue weighted by Gasteiger charge is -2.07. The van der Waals surface area contributed by atoms with Crippen molar-refractivity contribution in [1.82, 2.24) is 0 Å². The van der Waals surface area contributed by atoms with Gasteiger partial charge in [-0.05, 0) is 5.56 Å². The van der Waals surface area contributed by atoms with Crippen LogP contribution in [0.15, 0.2) is 30.3 Å². The third kappa shape index (κ3) is 3.91. The highest BCUT2D eigenvalue weighted by atomic mass is 16.5. The fourth-order valence-corrected chi connectivity index (χ4v) is 1.21. The van der Waals surface area contributed by atoms with Crippen molar-refractivity contribution in [3.63, 3.8) is 0 Å². The minimum absolute atomic E-state index is 0.0462. The first kappa shape index (κ1) is 10.5. The summed E-state index contributed by atoms with van der Waals surface area (Å²) >= 11 is 0. The van der Waals surface area contributed by atoms with Gasteiger partial charge in [0.15, 0.2) is 0 Å². The Morgan fingerprint density at radius 2 is 2.07 bits per heavy atom. The highest BCUT2D eigenvalue weighted by Crippen LogP contribution is 2.00. The van der Waals surface area contributed by atoms with E-state index in [4.69, 9.17) is 5.73 Å². The van der Waals surface area contributed by atoms with Crippen LogP contribution in [0.5, 0.6) is 0 Å². The molecule has 76 valence electrons. The molecule has 1 amide bonds. The van der Waals surface area contributed by atoms with Crippen molar-refractivity contribution < 1.29 is 15.3 Å². The first-order valence-corrected chi connectivity index (χ1v) is 4.47. The summed E-state index contributed by atoms with van der Waals surface area (Å²) in [4.78, 5) is 10.3. The SMILES string of the molecule is NC(=O)OC[C@H]([NH3+])Cc1ccccc1. The number of quaternary nitrogens is 1. The molecule has 14 heavy (non-hydrogen) atoms. The monoisotopic (exact) mass is 195 g/mol. The number of primary amides is 1. The van der Waals surface area contributed by atoms with E-state index in [0.717, 1.165) is 6.42 Å². The fraction of sp³-hybridized carbons (Fsp3) is 0.300. The predicted molar refractivity (Wildman–Crippen MR) is 52.4 cm³/mol. The maximum atomic E-state index is 10.3. The Bertz CT molecular complexity index is 287. The molecule has 0 aromatic heterocycles. The van der Waals surface area contributed by atoms with Gasteiger partial charge in [0.05, 0.1) is 0 Å². The third-order valence-corrected chi connectivity index (χ3v) is 1.83. The van der Waals surface area contributed by atoms with Crippen LogP contribution < -0.4 is 11.5 Å². The summed E-state index contributed by atoms with van der Waals surface area (Å²) < 4.78 is 4.65. The van der Waals surface area contributed by atoms with Gasteiger partial charge in [-0.2, -0.15) is 0 Å². The van der Waals surface area contributed by atoms with Gasteiger partial charge in [0.25, 0.3) is 0 Å². The minimum Gasteiger partial charge on any atom is -0.443 e. The van der Waals surface area contributed by atoms with E-state index in [1.54, 1.807) is 0 Å². The van der Waals surface area contributed by atoms with Gasteiger partial charge in [-0.15, -0.1) is 0 Å². The molecule has 0 spiro atoms. The van der Waals surface area contributed by atoms with Crippen LogP contribution in [-0.2, 0) is 11.2 Å². The Hall–Kier alpha value is -1.55. The Morgan fingerprint density at radius 1 is 1.43 bits per heavy atom. The van der Waals surface area contributed by atoms with E-state index in [9.17, 15) is 4.79 Å². The van der Waals surface area contributed by atoms with Gasteiger partial charge in [0.2, 0.25) is 0 Å². The minimum atomic E-state index is -0.744. The molecule has 1 rings (SSSR count). The smallest absolute Gasteiger partial charge is 0.404 e. The van der Waals surface area contributed by atoms with Crippen LogP contribution in [-0.4, -0.2) is 18.7 Å². The predicted octanol–water partition coefficient (Wildman–Crippen LogP) is -0.0651. The fourth-order valence-electron chi connectivity index (χ4n) is 1.21. The van der Waals surface area contributed by atoms with Gasteiger partial charge in [0.1, 0.15) is 12.6 Å². The van der Waals surface area contributed by atoms with Crippen LogP contribution in [0.4, 0.5) is 4.79 Å². The highest BCUT2D eigenvalue weighted by Gasteiger charge is 2.08. The molecule has 0 radical (unpaired) electrons. The van der Waals surface area contributed by atoms with Gasteiger partial charge in [-0.3, -0.25) is 0 Å². The molecule has 1 atom stereocenters. The van der Waals surface area contributed by atoms with Gasteiger partial charge in [-0.1, -0.05) is 30.3 Å². The second-order valence-corrected chi connectivity index (χ2v) is 3.19. The molecule has 0 saturated carbocycles. The van der Waals surface area contributed by atoms with E-state index in [1.807, 2.05) is 30.3 Å². The van der Waals surface area contributed by atoms with E-state index < -0.39 is 6.09 Å². The number of amides is 1. The van der Waals surface area contributed by atoms with Crippen LogP contribution >= 0.6 is 0 Å². The van der Waals surface area contributed by atoms with Crippen molar-refractivity contribution in [2.24, 2.45) is 5.73 Å². The van der Waals surface area contributed by atoms with Crippen molar-refractivity contribution in [2.75, 3.05) is 6.61 Å². The number of nitrogens with two attached hydrogens (primary N) is 1. The van der Waals surface area contributed by atoms with E-state index in [1.165, 1.54) is 5.56 Å². The van der Waals surface area contributed by atoms with Crippen LogP contribution in [0.2, 0.25) is 0 Å². The van der Waals surface area contributed by atoms with E-state index in [-0.39, 0.29) is 12.6 Å². The summed E-state index contributed by atoms with van der Waals surface area (Å²) in [5, 5.41) is 0. The second-order valence-electron chi connectivity index (χ2n) is 3.19. The maximum Gasteiger partial charge on any atom is 0.404 e. The average molecular weight is 195 g/mol. The lowest BCUT2D eigenvalue weighted by Crippen LogP contribution is -2.64. The summed E-state index contributed by atoms with van der Waals surface area (Å²) in [7, 11) is 0. The first-order valence-electron chi connectivity index (χ1n) is 4.47. The molecular formula is C10H15N2O2+. The van der Waals surface area contributed by atoms with Gasteiger partial charge in [-0.25, -0.2) is 4.79 Å². The summed E-state index contributed by atoms with van der Waals surface area (Å²) in [6.07, 6.45) is 0.0420. The summed E-state index contributed by atoms with van der Waals surface area (Å²) in [6.45, 7) is 0.268. The topological polar surface area (TPSA) is 80.0 Å². The van der Waals surface area contributed by atoms with Crippen molar-refractivity contribution >= 4 is 6.09 Å². The molecule has 5 N–H and O–H groups in total. The molecule has 4 nitrogen and oxygen atoms in total. The molecule has 1 aromatic rings. The number of hydrogen-bond acceptors (Lipinski definition) is 2.